The summed E-state index contributed by atoms with van der Waals surface area (Å²) in [6, 6.07) is 18.2. The summed E-state index contributed by atoms with van der Waals surface area (Å²) < 4.78 is 29.4. The van der Waals surface area contributed by atoms with Crippen molar-refractivity contribution in [1.82, 2.24) is 10.7 Å². The lowest BCUT2D eigenvalue weighted by Crippen LogP contribution is -2.37. The van der Waals surface area contributed by atoms with Crippen LogP contribution in [0.25, 0.3) is 0 Å². The first-order valence-electron chi connectivity index (χ1n) is 10.3. The van der Waals surface area contributed by atoms with E-state index in [4.69, 9.17) is 14.2 Å². The summed E-state index contributed by atoms with van der Waals surface area (Å²) in [5, 5.41) is 6.38. The van der Waals surface area contributed by atoms with Gasteiger partial charge in [-0.1, -0.05) is 30.3 Å². The van der Waals surface area contributed by atoms with Gasteiger partial charge >= 0.3 is 11.8 Å². The molecule has 0 aliphatic heterocycles. The van der Waals surface area contributed by atoms with E-state index in [1.165, 1.54) is 25.5 Å². The average molecular weight is 465 g/mol. The van der Waals surface area contributed by atoms with Crippen molar-refractivity contribution >= 4 is 18.0 Å². The minimum atomic E-state index is -0.915. The Morgan fingerprint density at radius 2 is 1.62 bits per heavy atom. The highest BCUT2D eigenvalue weighted by Gasteiger charge is 2.13. The molecule has 0 aliphatic carbocycles. The summed E-state index contributed by atoms with van der Waals surface area (Å²) in [6.45, 7) is 0.346. The number of methoxy groups -OCH3 is 2. The molecule has 34 heavy (non-hydrogen) atoms. The fourth-order valence-corrected chi connectivity index (χ4v) is 2.90. The Hall–Kier alpha value is -4.40. The number of amides is 2. The fraction of sp³-hybridized carbons (Fsp3) is 0.160. The molecule has 2 amide bonds. The number of carbonyl (C=O) groups excluding carboxylic acids is 2. The van der Waals surface area contributed by atoms with E-state index in [0.717, 1.165) is 11.1 Å². The molecule has 9 heteroatoms. The van der Waals surface area contributed by atoms with E-state index in [1.54, 1.807) is 61.7 Å². The van der Waals surface area contributed by atoms with Gasteiger partial charge in [0.05, 0.1) is 20.4 Å². The van der Waals surface area contributed by atoms with Gasteiger partial charge in [0.1, 0.15) is 18.2 Å². The minimum Gasteiger partial charge on any atom is -0.497 e. The number of hydrogen-bond acceptors (Lipinski definition) is 6. The Morgan fingerprint density at radius 3 is 2.29 bits per heavy atom. The summed E-state index contributed by atoms with van der Waals surface area (Å²) in [6.07, 6.45) is 1.34. The maximum absolute atomic E-state index is 13.1. The second-order valence-electron chi connectivity index (χ2n) is 7.02. The number of nitrogens with zero attached hydrogens (tertiary/aromatic N) is 1. The summed E-state index contributed by atoms with van der Waals surface area (Å²) in [7, 11) is 3.06. The number of hydrogen-bond donors (Lipinski definition) is 2. The fourth-order valence-electron chi connectivity index (χ4n) is 2.90. The first kappa shape index (κ1) is 24.2. The monoisotopic (exact) mass is 465 g/mol. The molecule has 0 unspecified atom stereocenters. The average Bonchev–Trinajstić information content (AvgIpc) is 2.87. The summed E-state index contributed by atoms with van der Waals surface area (Å²) in [5.41, 5.74) is 4.28. The van der Waals surface area contributed by atoms with Crippen LogP contribution in [0.5, 0.6) is 17.2 Å². The first-order chi connectivity index (χ1) is 16.5. The van der Waals surface area contributed by atoms with Gasteiger partial charge in [0, 0.05) is 12.1 Å². The van der Waals surface area contributed by atoms with Gasteiger partial charge in [-0.05, 0) is 47.5 Å². The molecule has 8 nitrogen and oxygen atoms in total. The Balaban J connectivity index is 1.58. The van der Waals surface area contributed by atoms with E-state index >= 15 is 0 Å². The van der Waals surface area contributed by atoms with Crippen LogP contribution < -0.4 is 25.0 Å². The zero-order valence-electron chi connectivity index (χ0n) is 18.7. The molecule has 0 aromatic heterocycles. The molecular weight excluding hydrogens is 441 g/mol. The second-order valence-corrected chi connectivity index (χ2v) is 7.02. The van der Waals surface area contributed by atoms with Crippen molar-refractivity contribution in [2.75, 3.05) is 14.2 Å². The number of ether oxygens (including phenoxy) is 3. The van der Waals surface area contributed by atoms with Crippen LogP contribution in [0, 0.1) is 5.82 Å². The summed E-state index contributed by atoms with van der Waals surface area (Å²) in [4.78, 5) is 24.1. The van der Waals surface area contributed by atoms with Gasteiger partial charge in [-0.25, -0.2) is 9.82 Å². The van der Waals surface area contributed by atoms with Crippen LogP contribution in [0.4, 0.5) is 4.39 Å². The topological polar surface area (TPSA) is 98.2 Å². The van der Waals surface area contributed by atoms with E-state index in [9.17, 15) is 14.0 Å². The lowest BCUT2D eigenvalue weighted by atomic mass is 10.2. The van der Waals surface area contributed by atoms with E-state index in [2.05, 4.69) is 15.8 Å². The third-order valence-electron chi connectivity index (χ3n) is 4.71. The third-order valence-corrected chi connectivity index (χ3v) is 4.71. The molecule has 176 valence electrons. The molecular formula is C25H24FN3O5. The van der Waals surface area contributed by atoms with Gasteiger partial charge < -0.3 is 19.5 Å². The van der Waals surface area contributed by atoms with E-state index in [-0.39, 0.29) is 19.0 Å². The lowest BCUT2D eigenvalue weighted by Gasteiger charge is -2.13. The van der Waals surface area contributed by atoms with Crippen molar-refractivity contribution in [3.05, 3.63) is 89.2 Å². The maximum atomic E-state index is 13.1. The number of para-hydroxylation sites is 1. The van der Waals surface area contributed by atoms with Gasteiger partial charge in [0.25, 0.3) is 0 Å². The minimum absolute atomic E-state index is 0.168. The van der Waals surface area contributed by atoms with Crippen LogP contribution in [-0.4, -0.2) is 32.2 Å². The van der Waals surface area contributed by atoms with Crippen LogP contribution in [0.3, 0.4) is 0 Å². The van der Waals surface area contributed by atoms with Crippen molar-refractivity contribution in [3.63, 3.8) is 0 Å². The molecule has 2 N–H and O–H groups in total. The van der Waals surface area contributed by atoms with Crippen molar-refractivity contribution < 1.29 is 28.2 Å². The predicted molar refractivity (Wildman–Crippen MR) is 124 cm³/mol. The Kier molecular flexibility index (Phi) is 8.56. The van der Waals surface area contributed by atoms with E-state index in [1.807, 2.05) is 0 Å². The number of nitrogens with one attached hydrogen (secondary N) is 2. The van der Waals surface area contributed by atoms with Gasteiger partial charge in [-0.3, -0.25) is 9.59 Å². The number of benzene rings is 3. The second kappa shape index (κ2) is 12.0. The van der Waals surface area contributed by atoms with Crippen molar-refractivity contribution in [1.29, 1.82) is 0 Å². The van der Waals surface area contributed by atoms with Gasteiger partial charge in [0.2, 0.25) is 0 Å². The highest BCUT2D eigenvalue weighted by molar-refractivity contribution is 6.35. The molecule has 0 bridgehead atoms. The first-order valence-corrected chi connectivity index (χ1v) is 10.3. The third kappa shape index (κ3) is 6.80. The largest absolute Gasteiger partial charge is 0.497 e. The molecule has 0 aliphatic rings. The number of halogens is 1. The quantitative estimate of drug-likeness (QED) is 0.287. The van der Waals surface area contributed by atoms with Crippen molar-refractivity contribution in [3.8, 4) is 17.2 Å². The highest BCUT2D eigenvalue weighted by atomic mass is 19.1. The zero-order chi connectivity index (χ0) is 24.3. The molecule has 3 aromatic rings. The molecule has 0 saturated heterocycles. The van der Waals surface area contributed by atoms with Crippen LogP contribution in [0.2, 0.25) is 0 Å². The summed E-state index contributed by atoms with van der Waals surface area (Å²) >= 11 is 0. The van der Waals surface area contributed by atoms with Crippen molar-refractivity contribution in [2.45, 2.75) is 13.2 Å². The molecule has 0 atom stereocenters. The Bertz CT molecular complexity index is 1150. The molecule has 0 saturated carbocycles. The van der Waals surface area contributed by atoms with Crippen molar-refractivity contribution in [2.24, 2.45) is 5.10 Å². The molecule has 0 fully saturated rings. The maximum Gasteiger partial charge on any atom is 0.329 e. The molecule has 3 aromatic carbocycles. The Labute approximate surface area is 196 Å². The Morgan fingerprint density at radius 1 is 0.912 bits per heavy atom. The standard InChI is InChI=1S/C25H24FN3O5/c1-32-21-12-8-17(9-13-21)14-27-24(30)25(31)29-28-15-19-4-3-5-22(33-2)23(19)34-16-18-6-10-20(26)11-7-18/h3-13,15H,14,16H2,1-2H3,(H,27,30)(H,29,31)/b28-15-. The SMILES string of the molecule is COc1ccc(CNC(=O)C(=O)N/N=C\c2cccc(OC)c2OCc2ccc(F)cc2)cc1. The van der Waals surface area contributed by atoms with Crippen LogP contribution in [0.1, 0.15) is 16.7 Å². The smallest absolute Gasteiger partial charge is 0.329 e. The van der Waals surface area contributed by atoms with Crippen LogP contribution in [-0.2, 0) is 22.7 Å². The molecule has 0 heterocycles. The normalized spacial score (nSPS) is 10.6. The van der Waals surface area contributed by atoms with Gasteiger partial charge in [-0.2, -0.15) is 5.10 Å². The zero-order valence-corrected chi connectivity index (χ0v) is 18.7. The van der Waals surface area contributed by atoms with Gasteiger partial charge in [-0.15, -0.1) is 0 Å². The predicted octanol–water partition coefficient (Wildman–Crippen LogP) is 3.19. The van der Waals surface area contributed by atoms with Crippen LogP contribution in [0.15, 0.2) is 71.8 Å². The molecule has 0 spiro atoms. The molecule has 3 rings (SSSR count). The van der Waals surface area contributed by atoms with Crippen LogP contribution >= 0.6 is 0 Å². The highest BCUT2D eigenvalue weighted by Crippen LogP contribution is 2.30. The summed E-state index contributed by atoms with van der Waals surface area (Å²) in [5.74, 6) is -0.544. The number of rotatable bonds is 9. The lowest BCUT2D eigenvalue weighted by molar-refractivity contribution is -0.139. The van der Waals surface area contributed by atoms with E-state index < -0.39 is 11.8 Å². The van der Waals surface area contributed by atoms with E-state index in [0.29, 0.717) is 22.8 Å². The van der Waals surface area contributed by atoms with Gasteiger partial charge in [0.15, 0.2) is 11.5 Å². The number of hydrazone groups is 1. The number of carbonyl (C=O) groups is 2. The molecule has 0 radical (unpaired) electrons.